The van der Waals surface area contributed by atoms with Crippen molar-refractivity contribution >= 4 is 6.01 Å². The minimum absolute atomic E-state index is 0.775. The van der Waals surface area contributed by atoms with E-state index >= 15 is 0 Å². The Morgan fingerprint density at radius 2 is 1.65 bits per heavy atom. The quantitative estimate of drug-likeness (QED) is 0.538. The van der Waals surface area contributed by atoms with E-state index in [4.69, 9.17) is 9.47 Å². The molecule has 0 atom stereocenters. The van der Waals surface area contributed by atoms with Crippen LogP contribution in [-0.2, 0) is 9.47 Å². The Morgan fingerprint density at radius 3 is 2.06 bits per heavy atom. The number of rotatable bonds is 5. The van der Waals surface area contributed by atoms with Gasteiger partial charge in [0.05, 0.1) is 39.0 Å². The summed E-state index contributed by atoms with van der Waals surface area (Å²) in [5.74, 6) is 0. The topological polar surface area (TPSA) is 46.4 Å². The third-order valence-electron chi connectivity index (χ3n) is 1.92. The van der Waals surface area contributed by atoms with Gasteiger partial charge in [-0.3, -0.25) is 0 Å². The molecular formula is C12H25N3O2. The van der Waals surface area contributed by atoms with Crippen LogP contribution < -0.4 is 0 Å². The molecule has 0 unspecified atom stereocenters. The standard InChI is InChI=1S/C8H17N3.C4H8O2/c1-4-9-8-10-6-5-7-11(2)3;1-2-6-4-3-5-1/h4-7H2,1-3H3;1-4H2. The maximum Gasteiger partial charge on any atom is 0.0892 e. The summed E-state index contributed by atoms with van der Waals surface area (Å²) in [4.78, 5) is 9.99. The zero-order valence-corrected chi connectivity index (χ0v) is 11.3. The van der Waals surface area contributed by atoms with E-state index in [1.165, 1.54) is 0 Å². The molecule has 0 radical (unpaired) electrons. The molecule has 0 aromatic carbocycles. The SMILES string of the molecule is C1COCCO1.CCN=C=NCCCN(C)C. The Bertz CT molecular complexity index is 198. The first kappa shape index (κ1) is 16.3. The van der Waals surface area contributed by atoms with Crippen molar-refractivity contribution in [2.75, 3.05) is 60.2 Å². The van der Waals surface area contributed by atoms with Gasteiger partial charge < -0.3 is 14.4 Å². The Balaban J connectivity index is 0.000000354. The third kappa shape index (κ3) is 15.3. The zero-order chi connectivity index (χ0) is 12.8. The molecule has 0 aromatic heterocycles. The Kier molecular flexibility index (Phi) is 12.7. The molecule has 0 aromatic rings. The van der Waals surface area contributed by atoms with Crippen LogP contribution >= 0.6 is 0 Å². The van der Waals surface area contributed by atoms with Crippen LogP contribution in [0.2, 0.25) is 0 Å². The molecule has 0 spiro atoms. The highest BCUT2D eigenvalue weighted by Crippen LogP contribution is 1.85. The van der Waals surface area contributed by atoms with E-state index in [0.29, 0.717) is 0 Å². The molecule has 0 aliphatic carbocycles. The second-order valence-electron chi connectivity index (χ2n) is 3.84. The van der Waals surface area contributed by atoms with Crippen molar-refractivity contribution in [3.05, 3.63) is 0 Å². The predicted octanol–water partition coefficient (Wildman–Crippen LogP) is 1.17. The van der Waals surface area contributed by atoms with E-state index in [2.05, 4.69) is 35.0 Å². The van der Waals surface area contributed by atoms with Crippen molar-refractivity contribution in [3.63, 3.8) is 0 Å². The lowest BCUT2D eigenvalue weighted by Crippen LogP contribution is -2.16. The normalized spacial score (nSPS) is 14.6. The lowest BCUT2D eigenvalue weighted by molar-refractivity contribution is -0.0334. The molecule has 1 rings (SSSR count). The van der Waals surface area contributed by atoms with Crippen LogP contribution in [0.3, 0.4) is 0 Å². The van der Waals surface area contributed by atoms with Gasteiger partial charge in [-0.2, -0.15) is 0 Å². The summed E-state index contributed by atoms with van der Waals surface area (Å²) in [5.41, 5.74) is 0. The van der Waals surface area contributed by atoms with E-state index < -0.39 is 0 Å². The molecule has 5 nitrogen and oxygen atoms in total. The highest BCUT2D eigenvalue weighted by Gasteiger charge is 1.94. The second kappa shape index (κ2) is 13.3. The minimum atomic E-state index is 0.775. The zero-order valence-electron chi connectivity index (χ0n) is 11.3. The highest BCUT2D eigenvalue weighted by molar-refractivity contribution is 5.40. The van der Waals surface area contributed by atoms with Crippen LogP contribution in [0.15, 0.2) is 9.98 Å². The van der Waals surface area contributed by atoms with Gasteiger partial charge in [0.1, 0.15) is 0 Å². The number of aliphatic imine (C=N–C) groups is 2. The van der Waals surface area contributed by atoms with Crippen LogP contribution in [0.4, 0.5) is 0 Å². The maximum absolute atomic E-state index is 4.94. The summed E-state index contributed by atoms with van der Waals surface area (Å²) in [6.45, 7) is 7.78. The van der Waals surface area contributed by atoms with Gasteiger partial charge in [0.25, 0.3) is 0 Å². The predicted molar refractivity (Wildman–Crippen MR) is 70.1 cm³/mol. The first-order valence-corrected chi connectivity index (χ1v) is 6.15. The van der Waals surface area contributed by atoms with Crippen molar-refractivity contribution in [3.8, 4) is 0 Å². The molecule has 5 heteroatoms. The molecule has 100 valence electrons. The number of ether oxygens (including phenoxy) is 2. The van der Waals surface area contributed by atoms with E-state index in [1.54, 1.807) is 0 Å². The molecule has 1 saturated heterocycles. The number of nitrogens with zero attached hydrogens (tertiary/aromatic N) is 3. The molecule has 0 amide bonds. The minimum Gasteiger partial charge on any atom is -0.377 e. The third-order valence-corrected chi connectivity index (χ3v) is 1.92. The monoisotopic (exact) mass is 243 g/mol. The fraction of sp³-hybridized carbons (Fsp3) is 0.917. The second-order valence-corrected chi connectivity index (χ2v) is 3.84. The van der Waals surface area contributed by atoms with Gasteiger partial charge in [-0.15, -0.1) is 0 Å². The van der Waals surface area contributed by atoms with Crippen molar-refractivity contribution in [1.29, 1.82) is 0 Å². The highest BCUT2D eigenvalue weighted by atomic mass is 16.6. The van der Waals surface area contributed by atoms with Gasteiger partial charge in [0.2, 0.25) is 0 Å². The van der Waals surface area contributed by atoms with Gasteiger partial charge in [-0.05, 0) is 34.0 Å². The fourth-order valence-electron chi connectivity index (χ4n) is 1.08. The summed E-state index contributed by atoms with van der Waals surface area (Å²) in [5, 5.41) is 0. The fourth-order valence-corrected chi connectivity index (χ4v) is 1.08. The molecule has 1 fully saturated rings. The Morgan fingerprint density at radius 1 is 1.06 bits per heavy atom. The molecule has 0 N–H and O–H groups in total. The van der Waals surface area contributed by atoms with Crippen LogP contribution in [0.5, 0.6) is 0 Å². The average Bonchev–Trinajstić information content (AvgIpc) is 2.36. The lowest BCUT2D eigenvalue weighted by Gasteiger charge is -2.09. The van der Waals surface area contributed by atoms with Crippen LogP contribution in [-0.4, -0.2) is 71.1 Å². The summed E-state index contributed by atoms with van der Waals surface area (Å²) >= 11 is 0. The first-order chi connectivity index (χ1) is 8.27. The van der Waals surface area contributed by atoms with E-state index in [0.717, 1.165) is 52.5 Å². The largest absolute Gasteiger partial charge is 0.377 e. The number of hydrogen-bond acceptors (Lipinski definition) is 5. The molecule has 0 bridgehead atoms. The molecule has 1 aliphatic rings. The Hall–Kier alpha value is -0.740. The average molecular weight is 243 g/mol. The first-order valence-electron chi connectivity index (χ1n) is 6.15. The van der Waals surface area contributed by atoms with Crippen molar-refractivity contribution in [2.45, 2.75) is 13.3 Å². The molecule has 1 aliphatic heterocycles. The van der Waals surface area contributed by atoms with Gasteiger partial charge in [-0.25, -0.2) is 9.98 Å². The van der Waals surface area contributed by atoms with Crippen molar-refractivity contribution in [2.24, 2.45) is 9.98 Å². The molecule has 1 heterocycles. The number of hydrogen-bond donors (Lipinski definition) is 0. The lowest BCUT2D eigenvalue weighted by atomic mass is 10.4. The summed E-state index contributed by atoms with van der Waals surface area (Å²) in [6, 6.07) is 2.64. The summed E-state index contributed by atoms with van der Waals surface area (Å²) in [6.07, 6.45) is 1.08. The van der Waals surface area contributed by atoms with Gasteiger partial charge in [0.15, 0.2) is 0 Å². The van der Waals surface area contributed by atoms with Crippen LogP contribution in [0, 0.1) is 0 Å². The summed E-state index contributed by atoms with van der Waals surface area (Å²) < 4.78 is 9.89. The molecule has 17 heavy (non-hydrogen) atoms. The summed E-state index contributed by atoms with van der Waals surface area (Å²) in [7, 11) is 4.12. The van der Waals surface area contributed by atoms with Crippen LogP contribution in [0.1, 0.15) is 13.3 Å². The van der Waals surface area contributed by atoms with E-state index in [-0.39, 0.29) is 0 Å². The van der Waals surface area contributed by atoms with E-state index in [9.17, 15) is 0 Å². The van der Waals surface area contributed by atoms with E-state index in [1.807, 2.05) is 6.92 Å². The molecular weight excluding hydrogens is 218 g/mol. The van der Waals surface area contributed by atoms with Gasteiger partial charge in [0, 0.05) is 6.54 Å². The van der Waals surface area contributed by atoms with Gasteiger partial charge in [-0.1, -0.05) is 0 Å². The van der Waals surface area contributed by atoms with Crippen molar-refractivity contribution in [1.82, 2.24) is 4.90 Å². The smallest absolute Gasteiger partial charge is 0.0892 e. The molecule has 0 saturated carbocycles. The van der Waals surface area contributed by atoms with Crippen LogP contribution in [0.25, 0.3) is 0 Å². The van der Waals surface area contributed by atoms with Gasteiger partial charge >= 0.3 is 0 Å². The Labute approximate surface area is 105 Å². The maximum atomic E-state index is 4.94. The van der Waals surface area contributed by atoms with Crippen molar-refractivity contribution < 1.29 is 9.47 Å².